The third-order valence-electron chi connectivity index (χ3n) is 14.4. The number of amides is 1. The van der Waals surface area contributed by atoms with Gasteiger partial charge in [0.1, 0.15) is 73.2 Å². The zero-order valence-electron chi connectivity index (χ0n) is 43.2. The first kappa shape index (κ1) is 64.1. The molecule has 0 aromatic rings. The fourth-order valence-corrected chi connectivity index (χ4v) is 9.78. The van der Waals surface area contributed by atoms with E-state index in [1.807, 2.05) is 0 Å². The third kappa shape index (κ3) is 22.9. The summed E-state index contributed by atoms with van der Waals surface area (Å²) < 4.78 is 34.2. The lowest BCUT2D eigenvalue weighted by atomic mass is 9.96. The summed E-state index contributed by atoms with van der Waals surface area (Å²) in [6.45, 7) is 1.76. The van der Waals surface area contributed by atoms with Crippen LogP contribution in [0.1, 0.15) is 194 Å². The number of aliphatic hydroxyl groups is 11. The molecule has 0 bridgehead atoms. The number of ether oxygens (including phenoxy) is 6. The van der Waals surface area contributed by atoms with Gasteiger partial charge in [-0.1, -0.05) is 174 Å². The molecule has 12 N–H and O–H groups in total. The topological polar surface area (TPSA) is 307 Å². The Labute approximate surface area is 423 Å². The van der Waals surface area contributed by atoms with Crippen LogP contribution >= 0.6 is 0 Å². The Morgan fingerprint density at radius 1 is 0.451 bits per heavy atom. The van der Waals surface area contributed by atoms with Crippen LogP contribution in [-0.4, -0.2) is 193 Å². The highest BCUT2D eigenvalue weighted by Crippen LogP contribution is 2.33. The van der Waals surface area contributed by atoms with Gasteiger partial charge in [-0.2, -0.15) is 0 Å². The second-order valence-electron chi connectivity index (χ2n) is 20.4. The molecule has 3 fully saturated rings. The molecule has 0 aromatic carbocycles. The molecule has 1 amide bonds. The fraction of sp³-hybridized carbons (Fsp3) is 0.981. The molecule has 0 aromatic heterocycles. The van der Waals surface area contributed by atoms with Crippen molar-refractivity contribution in [3.8, 4) is 0 Å². The number of carbonyl (C=O) groups excluding carboxylic acids is 1. The first-order valence-corrected chi connectivity index (χ1v) is 27.8. The van der Waals surface area contributed by atoms with E-state index in [-0.39, 0.29) is 18.9 Å². The van der Waals surface area contributed by atoms with E-state index in [0.717, 1.165) is 44.9 Å². The monoisotopic (exact) mass is 1030 g/mol. The van der Waals surface area contributed by atoms with Gasteiger partial charge in [-0.3, -0.25) is 4.79 Å². The summed E-state index contributed by atoms with van der Waals surface area (Å²) in [5.74, 6) is -0.242. The standard InChI is InChI=1S/C52H99NO18/c1-3-5-7-9-11-13-15-16-17-18-19-20-22-24-26-28-30-40(58)53-35(36(57)29-27-25-23-21-14-12-10-8-6-4-2)34-66-50-46(64)43(61)48(38(32-55)68-50)71-52-47(65)44(62)49(39(33-56)69-52)70-51-45(63)42(60)41(59)37(31-54)67-51/h35-39,41-52,54-57,59-65H,3-34H2,1-2H3,(H,53,58). The molecular weight excluding hydrogens is 927 g/mol. The summed E-state index contributed by atoms with van der Waals surface area (Å²) in [7, 11) is 0. The minimum Gasteiger partial charge on any atom is -0.394 e. The van der Waals surface area contributed by atoms with Gasteiger partial charge in [0.25, 0.3) is 0 Å². The second kappa shape index (κ2) is 37.5. The highest BCUT2D eigenvalue weighted by Gasteiger charge is 2.53. The zero-order valence-corrected chi connectivity index (χ0v) is 43.2. The Morgan fingerprint density at radius 2 is 0.803 bits per heavy atom. The summed E-state index contributed by atoms with van der Waals surface area (Å²) in [5, 5.41) is 120. The molecular formula is C52H99NO18. The average Bonchev–Trinajstić information content (AvgIpc) is 3.36. The molecule has 3 heterocycles. The maximum absolute atomic E-state index is 13.3. The van der Waals surface area contributed by atoms with E-state index in [9.17, 15) is 61.0 Å². The van der Waals surface area contributed by atoms with Crippen LogP contribution in [0, 0.1) is 0 Å². The van der Waals surface area contributed by atoms with Crippen LogP contribution in [0.2, 0.25) is 0 Å². The molecule has 3 rings (SSSR count). The molecule has 19 heteroatoms. The van der Waals surface area contributed by atoms with E-state index in [2.05, 4.69) is 19.2 Å². The molecule has 17 atom stereocenters. The molecule has 3 aliphatic rings. The minimum atomic E-state index is -1.97. The van der Waals surface area contributed by atoms with Gasteiger partial charge < -0.3 is 89.9 Å². The predicted molar refractivity (Wildman–Crippen MR) is 264 cm³/mol. The Morgan fingerprint density at radius 3 is 1.23 bits per heavy atom. The van der Waals surface area contributed by atoms with Crippen molar-refractivity contribution in [2.75, 3.05) is 26.4 Å². The van der Waals surface area contributed by atoms with Crippen LogP contribution in [-0.2, 0) is 33.2 Å². The number of rotatable bonds is 40. The lowest BCUT2D eigenvalue weighted by Gasteiger charge is -2.48. The van der Waals surface area contributed by atoms with Crippen LogP contribution in [0.3, 0.4) is 0 Å². The molecule has 3 saturated heterocycles. The van der Waals surface area contributed by atoms with E-state index in [4.69, 9.17) is 28.4 Å². The van der Waals surface area contributed by atoms with Crippen molar-refractivity contribution < 1.29 is 89.4 Å². The predicted octanol–water partition coefficient (Wildman–Crippen LogP) is 3.26. The molecule has 420 valence electrons. The van der Waals surface area contributed by atoms with Gasteiger partial charge in [0.15, 0.2) is 18.9 Å². The van der Waals surface area contributed by atoms with Gasteiger partial charge >= 0.3 is 0 Å². The molecule has 19 nitrogen and oxygen atoms in total. The molecule has 3 aliphatic heterocycles. The molecule has 0 radical (unpaired) electrons. The maximum atomic E-state index is 13.3. The average molecular weight is 1030 g/mol. The quantitative estimate of drug-likeness (QED) is 0.0392. The van der Waals surface area contributed by atoms with Gasteiger partial charge in [-0.05, 0) is 12.8 Å². The van der Waals surface area contributed by atoms with Crippen LogP contribution < -0.4 is 5.32 Å². The Kier molecular flexibility index (Phi) is 33.9. The minimum absolute atomic E-state index is 0.242. The number of hydrogen-bond acceptors (Lipinski definition) is 18. The van der Waals surface area contributed by atoms with Crippen molar-refractivity contribution in [2.24, 2.45) is 0 Å². The van der Waals surface area contributed by atoms with Gasteiger partial charge in [0, 0.05) is 6.42 Å². The van der Waals surface area contributed by atoms with Crippen molar-refractivity contribution in [2.45, 2.75) is 298 Å². The number of hydrogen-bond donors (Lipinski definition) is 12. The summed E-state index contributed by atoms with van der Waals surface area (Å²) in [6, 6.07) is -0.877. The third-order valence-corrected chi connectivity index (χ3v) is 14.4. The van der Waals surface area contributed by atoms with E-state index in [0.29, 0.717) is 12.8 Å². The number of unbranched alkanes of at least 4 members (excludes halogenated alkanes) is 24. The van der Waals surface area contributed by atoms with E-state index >= 15 is 0 Å². The number of nitrogens with one attached hydrogen (secondary N) is 1. The molecule has 0 aliphatic carbocycles. The van der Waals surface area contributed by atoms with Crippen molar-refractivity contribution in [1.29, 1.82) is 0 Å². The highest BCUT2D eigenvalue weighted by atomic mass is 16.8. The highest BCUT2D eigenvalue weighted by molar-refractivity contribution is 5.76. The van der Waals surface area contributed by atoms with E-state index < -0.39 is 124 Å². The number of carbonyl (C=O) groups is 1. The Hall–Kier alpha value is -1.21. The largest absolute Gasteiger partial charge is 0.394 e. The van der Waals surface area contributed by atoms with Gasteiger partial charge in [-0.25, -0.2) is 0 Å². The van der Waals surface area contributed by atoms with Crippen LogP contribution in [0.25, 0.3) is 0 Å². The smallest absolute Gasteiger partial charge is 0.220 e. The maximum Gasteiger partial charge on any atom is 0.220 e. The Balaban J connectivity index is 1.51. The van der Waals surface area contributed by atoms with Crippen LogP contribution in [0.5, 0.6) is 0 Å². The SMILES string of the molecule is CCCCCCCCCCCCCCCCCCC(=O)NC(COC1OC(CO)C(OC2OC(CO)C(OC3OC(CO)C(O)C(O)C3O)C(O)C2O)C(O)C1O)C(O)CCCCCCCCCCCC. The van der Waals surface area contributed by atoms with Crippen molar-refractivity contribution >= 4 is 5.91 Å². The van der Waals surface area contributed by atoms with Crippen LogP contribution in [0.15, 0.2) is 0 Å². The summed E-state index contributed by atoms with van der Waals surface area (Å²) >= 11 is 0. The normalized spacial score (nSPS) is 32.2. The lowest BCUT2D eigenvalue weighted by Crippen LogP contribution is -2.66. The molecule has 0 spiro atoms. The first-order valence-electron chi connectivity index (χ1n) is 27.8. The molecule has 71 heavy (non-hydrogen) atoms. The summed E-state index contributed by atoms with van der Waals surface area (Å²) in [4.78, 5) is 13.3. The molecule has 17 unspecified atom stereocenters. The fourth-order valence-electron chi connectivity index (χ4n) is 9.78. The number of aliphatic hydroxyl groups excluding tert-OH is 11. The Bertz CT molecular complexity index is 1320. The van der Waals surface area contributed by atoms with Crippen molar-refractivity contribution in [3.05, 3.63) is 0 Å². The van der Waals surface area contributed by atoms with Gasteiger partial charge in [-0.15, -0.1) is 0 Å². The van der Waals surface area contributed by atoms with Crippen LogP contribution in [0.4, 0.5) is 0 Å². The second-order valence-corrected chi connectivity index (χ2v) is 20.4. The molecule has 0 saturated carbocycles. The van der Waals surface area contributed by atoms with Gasteiger partial charge in [0.05, 0.1) is 38.6 Å². The zero-order chi connectivity index (χ0) is 52.0. The lowest BCUT2D eigenvalue weighted by molar-refractivity contribution is -0.379. The van der Waals surface area contributed by atoms with Crippen molar-refractivity contribution in [3.63, 3.8) is 0 Å². The van der Waals surface area contributed by atoms with Gasteiger partial charge in [0.2, 0.25) is 5.91 Å². The van der Waals surface area contributed by atoms with Crippen molar-refractivity contribution in [1.82, 2.24) is 5.32 Å². The van der Waals surface area contributed by atoms with E-state index in [1.165, 1.54) is 116 Å². The first-order chi connectivity index (χ1) is 34.3. The summed E-state index contributed by atoms with van der Waals surface area (Å²) in [6.07, 6.45) is 4.94. The summed E-state index contributed by atoms with van der Waals surface area (Å²) in [5.41, 5.74) is 0. The van der Waals surface area contributed by atoms with E-state index in [1.54, 1.807) is 0 Å².